The molecule has 0 aliphatic heterocycles. The van der Waals surface area contributed by atoms with Crippen molar-refractivity contribution in [3.63, 3.8) is 0 Å². The lowest BCUT2D eigenvalue weighted by Gasteiger charge is -2.06. The molecule has 0 aromatic heterocycles. The van der Waals surface area contributed by atoms with Gasteiger partial charge in [0.25, 0.3) is 0 Å². The lowest BCUT2D eigenvalue weighted by Crippen LogP contribution is -2.17. The maximum Gasteiger partial charge on any atom is 0.105 e. The zero-order valence-electron chi connectivity index (χ0n) is 5.44. The van der Waals surface area contributed by atoms with Gasteiger partial charge in [-0.05, 0) is 21.0 Å². The number of nitrogens with zero attached hydrogens (tertiary/aromatic N) is 1. The van der Waals surface area contributed by atoms with Crippen molar-refractivity contribution in [2.75, 3.05) is 20.6 Å². The van der Waals surface area contributed by atoms with Crippen LogP contribution in [0.3, 0.4) is 0 Å². The SMILES string of the molecule is [CH2+]C(C)CN(C)C. The van der Waals surface area contributed by atoms with Gasteiger partial charge in [-0.1, -0.05) is 0 Å². The Labute approximate surface area is 46.3 Å². The highest BCUT2D eigenvalue weighted by molar-refractivity contribution is 4.55. The predicted molar refractivity (Wildman–Crippen MR) is 33.1 cm³/mol. The zero-order chi connectivity index (χ0) is 5.86. The zero-order valence-corrected chi connectivity index (χ0v) is 5.44. The summed E-state index contributed by atoms with van der Waals surface area (Å²) in [5.74, 6) is 0.551. The van der Waals surface area contributed by atoms with E-state index in [4.69, 9.17) is 0 Å². The second kappa shape index (κ2) is 2.92. The molecule has 1 unspecified atom stereocenters. The first-order valence-electron chi connectivity index (χ1n) is 2.60. The van der Waals surface area contributed by atoms with Crippen molar-refractivity contribution in [2.45, 2.75) is 6.92 Å². The van der Waals surface area contributed by atoms with E-state index in [1.807, 2.05) is 0 Å². The van der Waals surface area contributed by atoms with E-state index in [0.29, 0.717) is 5.92 Å². The summed E-state index contributed by atoms with van der Waals surface area (Å²) in [5.41, 5.74) is 0. The van der Waals surface area contributed by atoms with Gasteiger partial charge in [0.05, 0.1) is 6.92 Å². The highest BCUT2D eigenvalue weighted by atomic mass is 15.0. The average Bonchev–Trinajstić information content (AvgIpc) is 1.27. The predicted octanol–water partition coefficient (Wildman–Crippen LogP) is 1.02. The standard InChI is InChI=1S/C6H14N/c1-6(2)5-7(3)4/h6H,1,5H2,2-4H3/q+1. The van der Waals surface area contributed by atoms with E-state index in [1.165, 1.54) is 0 Å². The molecule has 0 aliphatic carbocycles. The molecule has 42 valence electrons. The third-order valence-electron chi connectivity index (χ3n) is 0.677. The highest BCUT2D eigenvalue weighted by Crippen LogP contribution is 1.90. The van der Waals surface area contributed by atoms with E-state index in [-0.39, 0.29) is 0 Å². The van der Waals surface area contributed by atoms with E-state index < -0.39 is 0 Å². The quantitative estimate of drug-likeness (QED) is 0.468. The van der Waals surface area contributed by atoms with Crippen molar-refractivity contribution in [3.05, 3.63) is 6.92 Å². The molecule has 0 N–H and O–H groups in total. The molecule has 0 aromatic rings. The molecule has 1 heteroatoms. The Morgan fingerprint density at radius 1 is 1.57 bits per heavy atom. The Hall–Kier alpha value is -0.170. The summed E-state index contributed by atoms with van der Waals surface area (Å²) in [6, 6.07) is 0. The molecule has 0 bridgehead atoms. The Bertz CT molecular complexity index is 33.4. The molecular formula is C6H14N+. The summed E-state index contributed by atoms with van der Waals surface area (Å²) >= 11 is 0. The van der Waals surface area contributed by atoms with Crippen molar-refractivity contribution >= 4 is 0 Å². The fraction of sp³-hybridized carbons (Fsp3) is 0.833. The van der Waals surface area contributed by atoms with Crippen LogP contribution in [0.25, 0.3) is 0 Å². The van der Waals surface area contributed by atoms with Crippen molar-refractivity contribution in [2.24, 2.45) is 5.92 Å². The number of hydrogen-bond donors (Lipinski definition) is 0. The molecule has 0 rings (SSSR count). The van der Waals surface area contributed by atoms with Gasteiger partial charge < -0.3 is 4.90 Å². The third kappa shape index (κ3) is 5.83. The molecule has 1 atom stereocenters. The molecule has 0 saturated heterocycles. The van der Waals surface area contributed by atoms with Crippen LogP contribution in [0.2, 0.25) is 0 Å². The van der Waals surface area contributed by atoms with E-state index >= 15 is 0 Å². The van der Waals surface area contributed by atoms with Crippen LogP contribution < -0.4 is 0 Å². The van der Waals surface area contributed by atoms with Gasteiger partial charge in [0, 0.05) is 6.54 Å². The molecule has 1 nitrogen and oxygen atoms in total. The first-order chi connectivity index (χ1) is 3.13. The summed E-state index contributed by atoms with van der Waals surface area (Å²) in [6.07, 6.45) is 0. The van der Waals surface area contributed by atoms with Gasteiger partial charge in [0.2, 0.25) is 0 Å². The van der Waals surface area contributed by atoms with Crippen LogP contribution in [0.1, 0.15) is 6.92 Å². The van der Waals surface area contributed by atoms with E-state index in [9.17, 15) is 0 Å². The molecule has 0 amide bonds. The fourth-order valence-corrected chi connectivity index (χ4v) is 0.623. The van der Waals surface area contributed by atoms with Crippen LogP contribution >= 0.6 is 0 Å². The van der Waals surface area contributed by atoms with Crippen molar-refractivity contribution < 1.29 is 0 Å². The first kappa shape index (κ1) is 6.83. The fourth-order valence-electron chi connectivity index (χ4n) is 0.623. The van der Waals surface area contributed by atoms with Gasteiger partial charge in [-0.3, -0.25) is 0 Å². The van der Waals surface area contributed by atoms with Gasteiger partial charge in [-0.15, -0.1) is 0 Å². The highest BCUT2D eigenvalue weighted by Gasteiger charge is 1.99. The summed E-state index contributed by atoms with van der Waals surface area (Å²) < 4.78 is 0. The first-order valence-corrected chi connectivity index (χ1v) is 2.60. The Morgan fingerprint density at radius 2 is 2.00 bits per heavy atom. The maximum absolute atomic E-state index is 3.84. The second-order valence-corrected chi connectivity index (χ2v) is 2.37. The lowest BCUT2D eigenvalue weighted by molar-refractivity contribution is 0.370. The smallest absolute Gasteiger partial charge is 0.105 e. The van der Waals surface area contributed by atoms with Crippen LogP contribution in [-0.2, 0) is 0 Å². The maximum atomic E-state index is 3.84. The van der Waals surface area contributed by atoms with Gasteiger partial charge in [0.1, 0.15) is 5.92 Å². The minimum absolute atomic E-state index is 0.551. The molecule has 0 aromatic carbocycles. The van der Waals surface area contributed by atoms with Crippen LogP contribution in [0.4, 0.5) is 0 Å². The normalized spacial score (nSPS) is 14.9. The molecular weight excluding hydrogens is 86.1 g/mol. The molecule has 0 radical (unpaired) electrons. The Balaban J connectivity index is 2.95. The molecule has 0 spiro atoms. The van der Waals surface area contributed by atoms with Gasteiger partial charge in [-0.25, -0.2) is 0 Å². The largest absolute Gasteiger partial charge is 0.305 e. The monoisotopic (exact) mass is 100 g/mol. The summed E-state index contributed by atoms with van der Waals surface area (Å²) in [4.78, 5) is 2.14. The van der Waals surface area contributed by atoms with E-state index in [0.717, 1.165) is 6.54 Å². The van der Waals surface area contributed by atoms with Crippen LogP contribution in [0, 0.1) is 12.8 Å². The van der Waals surface area contributed by atoms with Gasteiger partial charge >= 0.3 is 0 Å². The summed E-state index contributed by atoms with van der Waals surface area (Å²) in [6.45, 7) is 7.03. The van der Waals surface area contributed by atoms with Crippen LogP contribution in [0.15, 0.2) is 0 Å². The van der Waals surface area contributed by atoms with E-state index in [1.54, 1.807) is 0 Å². The average molecular weight is 100 g/mol. The minimum Gasteiger partial charge on any atom is -0.305 e. The van der Waals surface area contributed by atoms with Gasteiger partial charge in [0.15, 0.2) is 0 Å². The molecule has 0 heterocycles. The summed E-state index contributed by atoms with van der Waals surface area (Å²) in [7, 11) is 4.11. The van der Waals surface area contributed by atoms with Crippen LogP contribution in [0.5, 0.6) is 0 Å². The summed E-state index contributed by atoms with van der Waals surface area (Å²) in [5, 5.41) is 0. The van der Waals surface area contributed by atoms with Crippen molar-refractivity contribution in [1.29, 1.82) is 0 Å². The molecule has 0 saturated carbocycles. The molecule has 0 aliphatic rings. The Morgan fingerprint density at radius 3 is 2.00 bits per heavy atom. The number of rotatable bonds is 2. The van der Waals surface area contributed by atoms with Crippen molar-refractivity contribution in [3.8, 4) is 0 Å². The van der Waals surface area contributed by atoms with E-state index in [2.05, 4.69) is 32.8 Å². The number of hydrogen-bond acceptors (Lipinski definition) is 1. The third-order valence-corrected chi connectivity index (χ3v) is 0.677. The lowest BCUT2D eigenvalue weighted by atomic mass is 10.2. The Kier molecular flexibility index (Phi) is 2.84. The van der Waals surface area contributed by atoms with Gasteiger partial charge in [-0.2, -0.15) is 0 Å². The van der Waals surface area contributed by atoms with Crippen molar-refractivity contribution in [1.82, 2.24) is 4.90 Å². The molecule has 7 heavy (non-hydrogen) atoms. The topological polar surface area (TPSA) is 3.24 Å². The van der Waals surface area contributed by atoms with Crippen LogP contribution in [-0.4, -0.2) is 25.5 Å². The minimum atomic E-state index is 0.551. The molecule has 0 fully saturated rings. The second-order valence-electron chi connectivity index (χ2n) is 2.37.